The Labute approximate surface area is 187 Å². The number of ether oxygens (including phenoxy) is 1. The zero-order valence-electron chi connectivity index (χ0n) is 18.1. The van der Waals surface area contributed by atoms with Crippen molar-refractivity contribution < 1.29 is 31.1 Å². The van der Waals surface area contributed by atoms with Crippen molar-refractivity contribution in [3.63, 3.8) is 0 Å². The van der Waals surface area contributed by atoms with E-state index < -0.39 is 50.5 Å². The van der Waals surface area contributed by atoms with Crippen LogP contribution in [0.2, 0.25) is 0 Å². The van der Waals surface area contributed by atoms with Crippen LogP contribution in [0.5, 0.6) is 0 Å². The summed E-state index contributed by atoms with van der Waals surface area (Å²) in [6.45, 7) is 2.13. The summed E-state index contributed by atoms with van der Waals surface area (Å²) in [6.07, 6.45) is -2.73. The third-order valence-electron chi connectivity index (χ3n) is 5.33. The first-order valence-electron chi connectivity index (χ1n) is 10.4. The first kappa shape index (κ1) is 25.0. The van der Waals surface area contributed by atoms with Crippen molar-refractivity contribution in [2.45, 2.75) is 57.7 Å². The van der Waals surface area contributed by atoms with Gasteiger partial charge in [0.05, 0.1) is 28.8 Å². The van der Waals surface area contributed by atoms with E-state index in [4.69, 9.17) is 4.74 Å². The lowest BCUT2D eigenvalue weighted by Crippen LogP contribution is -2.55. The first-order valence-corrected chi connectivity index (χ1v) is 12.3. The van der Waals surface area contributed by atoms with Crippen LogP contribution in [0.3, 0.4) is 0 Å². The van der Waals surface area contributed by atoms with Gasteiger partial charge in [-0.05, 0) is 37.0 Å². The molecule has 9 nitrogen and oxygen atoms in total. The molecule has 1 fully saturated rings. The predicted octanol–water partition coefficient (Wildman–Crippen LogP) is 2.56. The second-order valence-corrected chi connectivity index (χ2v) is 9.70. The molecular formula is C20H24F3N3O6S. The van der Waals surface area contributed by atoms with Gasteiger partial charge < -0.3 is 9.72 Å². The number of carbonyl (C=O) groups excluding carboxylic acids is 1. The molecule has 0 radical (unpaired) electrons. The number of rotatable bonds is 7. The maximum absolute atomic E-state index is 13.7. The molecule has 1 N–H and O–H groups in total. The Bertz CT molecular complexity index is 1280. The third kappa shape index (κ3) is 5.13. The van der Waals surface area contributed by atoms with Gasteiger partial charge in [0.2, 0.25) is 0 Å². The van der Waals surface area contributed by atoms with Crippen molar-refractivity contribution in [1.82, 2.24) is 9.66 Å². The van der Waals surface area contributed by atoms with Gasteiger partial charge in [0.25, 0.3) is 21.5 Å². The number of hydrogen-bond donors (Lipinski definition) is 1. The maximum Gasteiger partial charge on any atom is 0.416 e. The molecule has 1 amide bonds. The second kappa shape index (κ2) is 9.29. The number of alkyl halides is 3. The van der Waals surface area contributed by atoms with Crippen molar-refractivity contribution >= 4 is 26.8 Å². The van der Waals surface area contributed by atoms with Gasteiger partial charge in [-0.1, -0.05) is 19.8 Å². The molecule has 33 heavy (non-hydrogen) atoms. The van der Waals surface area contributed by atoms with E-state index in [1.807, 2.05) is 6.92 Å². The maximum atomic E-state index is 13.7. The van der Waals surface area contributed by atoms with Crippen LogP contribution >= 0.6 is 0 Å². The summed E-state index contributed by atoms with van der Waals surface area (Å²) in [5, 5.41) is -0.372. The number of unbranched alkanes of at least 4 members (excludes halogenated alkanes) is 2. The van der Waals surface area contributed by atoms with Gasteiger partial charge >= 0.3 is 11.9 Å². The van der Waals surface area contributed by atoms with Crippen LogP contribution in [-0.4, -0.2) is 36.8 Å². The van der Waals surface area contributed by atoms with Crippen molar-refractivity contribution in [2.75, 3.05) is 17.3 Å². The molecule has 2 heterocycles. The highest BCUT2D eigenvalue weighted by molar-refractivity contribution is 7.92. The van der Waals surface area contributed by atoms with E-state index in [2.05, 4.69) is 4.98 Å². The van der Waals surface area contributed by atoms with Gasteiger partial charge in [-0.3, -0.25) is 9.59 Å². The zero-order valence-corrected chi connectivity index (χ0v) is 18.9. The predicted molar refractivity (Wildman–Crippen MR) is 114 cm³/mol. The number of fused-ring (bicyclic) bond motifs is 1. The van der Waals surface area contributed by atoms with Crippen LogP contribution in [-0.2, 0) is 25.7 Å². The molecule has 1 saturated heterocycles. The van der Waals surface area contributed by atoms with Gasteiger partial charge in [0.15, 0.2) is 0 Å². The number of nitrogens with zero attached hydrogens (tertiary/aromatic N) is 2. The van der Waals surface area contributed by atoms with Crippen LogP contribution in [0.4, 0.5) is 13.2 Å². The number of aromatic nitrogens is 2. The largest absolute Gasteiger partial charge is 0.416 e. The quantitative estimate of drug-likeness (QED) is 0.595. The number of H-pyrrole nitrogens is 1. The number of sulfonamides is 1. The highest BCUT2D eigenvalue weighted by Gasteiger charge is 2.38. The van der Waals surface area contributed by atoms with E-state index in [0.717, 1.165) is 12.5 Å². The van der Waals surface area contributed by atoms with E-state index in [9.17, 15) is 36.0 Å². The fourth-order valence-electron chi connectivity index (χ4n) is 3.84. The van der Waals surface area contributed by atoms with Crippen molar-refractivity contribution in [2.24, 2.45) is 0 Å². The zero-order chi connectivity index (χ0) is 24.6. The highest BCUT2D eigenvalue weighted by Crippen LogP contribution is 2.40. The lowest BCUT2D eigenvalue weighted by atomic mass is 9.97. The summed E-state index contributed by atoms with van der Waals surface area (Å²) in [7, 11) is -4.40. The average molecular weight is 491 g/mol. The number of amides is 1. The fraction of sp³-hybridized carbons (Fsp3) is 0.550. The third-order valence-corrected chi connectivity index (χ3v) is 6.33. The number of benzene rings is 1. The Kier molecular flexibility index (Phi) is 7.03. The Morgan fingerprint density at radius 3 is 2.52 bits per heavy atom. The van der Waals surface area contributed by atoms with E-state index in [1.54, 1.807) is 0 Å². The van der Waals surface area contributed by atoms with E-state index >= 15 is 0 Å². The summed E-state index contributed by atoms with van der Waals surface area (Å²) >= 11 is 0. The molecule has 1 aliphatic heterocycles. The topological polar surface area (TPSA) is 119 Å². The summed E-state index contributed by atoms with van der Waals surface area (Å²) in [6, 6.07) is 1.58. The molecule has 2 aromatic rings. The monoisotopic (exact) mass is 491 g/mol. The summed E-state index contributed by atoms with van der Waals surface area (Å²) in [5.74, 6) is -0.996. The minimum atomic E-state index is -4.78. The molecule has 1 unspecified atom stereocenters. The van der Waals surface area contributed by atoms with Crippen molar-refractivity contribution in [3.8, 4) is 0 Å². The minimum Gasteiger partial charge on any atom is -0.374 e. The molecular weight excluding hydrogens is 467 g/mol. The molecule has 0 aliphatic carbocycles. The number of hydrogen-bond acceptors (Lipinski definition) is 6. The molecule has 3 rings (SSSR count). The Hall–Kier alpha value is -2.67. The summed E-state index contributed by atoms with van der Waals surface area (Å²) < 4.78 is 71.3. The molecule has 182 valence electrons. The first-order chi connectivity index (χ1) is 15.4. The van der Waals surface area contributed by atoms with Crippen LogP contribution < -0.4 is 15.7 Å². The van der Waals surface area contributed by atoms with Gasteiger partial charge in [-0.25, -0.2) is 13.2 Å². The molecule has 0 saturated carbocycles. The molecule has 1 aliphatic rings. The smallest absolute Gasteiger partial charge is 0.374 e. The normalized spacial score (nSPS) is 16.9. The summed E-state index contributed by atoms with van der Waals surface area (Å²) in [4.78, 5) is 40.5. The lowest BCUT2D eigenvalue weighted by Gasteiger charge is -2.22. The van der Waals surface area contributed by atoms with Gasteiger partial charge in [-0.2, -0.15) is 13.2 Å². The van der Waals surface area contributed by atoms with E-state index in [1.165, 1.54) is 0 Å². The molecule has 1 atom stereocenters. The molecule has 1 aromatic carbocycles. The molecule has 1 aromatic heterocycles. The lowest BCUT2D eigenvalue weighted by molar-refractivity contribution is -0.139. The second-order valence-electron chi connectivity index (χ2n) is 7.89. The highest BCUT2D eigenvalue weighted by atomic mass is 32.2. The number of halogens is 3. The minimum absolute atomic E-state index is 0.0761. The van der Waals surface area contributed by atoms with E-state index in [0.29, 0.717) is 38.0 Å². The average Bonchev–Trinajstić information content (AvgIpc) is 3.23. The van der Waals surface area contributed by atoms with Crippen molar-refractivity contribution in [3.05, 3.63) is 44.1 Å². The van der Waals surface area contributed by atoms with Gasteiger partial charge in [0.1, 0.15) is 0 Å². The Balaban J connectivity index is 2.26. The number of carbonyl (C=O) groups is 1. The molecule has 13 heteroatoms. The number of aromatic amines is 1. The Morgan fingerprint density at radius 1 is 1.27 bits per heavy atom. The van der Waals surface area contributed by atoms with Crippen molar-refractivity contribution in [1.29, 1.82) is 0 Å². The standard InChI is InChI=1S/C20H24F3N3O6S/c1-3-4-5-8-17(27)26(33(2,30)31)25-18(28)13-10-12(16-7-6-9-32-16)14(20(21,22)23)11-15(13)24-19(25)29/h10-11,16H,3-9H2,1-2H3,(H,24,29). The van der Waals surface area contributed by atoms with Crippen LogP contribution in [0.25, 0.3) is 10.9 Å². The van der Waals surface area contributed by atoms with Crippen LogP contribution in [0.15, 0.2) is 21.7 Å². The molecule has 0 bridgehead atoms. The van der Waals surface area contributed by atoms with Crippen LogP contribution in [0, 0.1) is 0 Å². The Morgan fingerprint density at radius 2 is 1.97 bits per heavy atom. The SMILES string of the molecule is CCCCCC(=O)N(n1c(=O)[nH]c2cc(C(F)(F)F)c(C3CCCO3)cc2c1=O)S(C)(=O)=O. The molecule has 0 spiro atoms. The van der Waals surface area contributed by atoms with Gasteiger partial charge in [0, 0.05) is 13.0 Å². The fourth-order valence-corrected chi connectivity index (χ4v) is 4.74. The number of nitrogens with one attached hydrogen (secondary N) is 1. The van der Waals surface area contributed by atoms with E-state index in [-0.39, 0.29) is 33.1 Å². The van der Waals surface area contributed by atoms with Crippen LogP contribution in [0.1, 0.15) is 62.7 Å². The summed E-state index contributed by atoms with van der Waals surface area (Å²) in [5.41, 5.74) is -4.35. The van der Waals surface area contributed by atoms with Gasteiger partial charge in [-0.15, -0.1) is 9.09 Å².